The van der Waals surface area contributed by atoms with Gasteiger partial charge in [-0.2, -0.15) is 10.5 Å². The van der Waals surface area contributed by atoms with Crippen LogP contribution < -0.4 is 0 Å². The van der Waals surface area contributed by atoms with Crippen LogP contribution >= 0.6 is 0 Å². The quantitative estimate of drug-likeness (QED) is 0.609. The lowest BCUT2D eigenvalue weighted by Crippen LogP contribution is -2.25. The first kappa shape index (κ1) is 13.7. The minimum absolute atomic E-state index is 0.317. The molecule has 0 aliphatic carbocycles. The third-order valence-electron chi connectivity index (χ3n) is 2.32. The predicted molar refractivity (Wildman–Crippen MR) is 59.8 cm³/mol. The lowest BCUT2D eigenvalue weighted by atomic mass is 10.1. The van der Waals surface area contributed by atoms with E-state index in [1.165, 1.54) is 0 Å². The lowest BCUT2D eigenvalue weighted by Gasteiger charge is -2.16. The first-order chi connectivity index (χ1) is 7.26. The van der Waals surface area contributed by atoms with Crippen molar-refractivity contribution in [2.24, 2.45) is 5.92 Å². The molecule has 0 spiro atoms. The Balaban J connectivity index is 0.000000921. The van der Waals surface area contributed by atoms with Crippen molar-refractivity contribution in [3.63, 3.8) is 0 Å². The van der Waals surface area contributed by atoms with Crippen LogP contribution in [-0.4, -0.2) is 43.0 Å². The maximum Gasteiger partial charge on any atom is 0.179 e. The van der Waals surface area contributed by atoms with Gasteiger partial charge < -0.3 is 9.80 Å². The highest BCUT2D eigenvalue weighted by Crippen LogP contribution is 2.10. The van der Waals surface area contributed by atoms with Crippen molar-refractivity contribution in [2.75, 3.05) is 33.2 Å². The van der Waals surface area contributed by atoms with E-state index in [0.29, 0.717) is 12.3 Å². The van der Waals surface area contributed by atoms with Crippen LogP contribution in [0.15, 0.2) is 0 Å². The number of rotatable bonds is 1. The van der Waals surface area contributed by atoms with Crippen LogP contribution in [-0.2, 0) is 0 Å². The van der Waals surface area contributed by atoms with Gasteiger partial charge in [0.15, 0.2) is 6.19 Å². The fraction of sp³-hybridized carbons (Fsp3) is 0.818. The summed E-state index contributed by atoms with van der Waals surface area (Å²) < 4.78 is 0. The van der Waals surface area contributed by atoms with Crippen LogP contribution in [0.5, 0.6) is 0 Å². The number of nitrogens with zero attached hydrogens (tertiary/aromatic N) is 4. The van der Waals surface area contributed by atoms with Gasteiger partial charge in [-0.1, -0.05) is 13.8 Å². The summed E-state index contributed by atoms with van der Waals surface area (Å²) in [5.41, 5.74) is 0. The fourth-order valence-corrected chi connectivity index (χ4v) is 1.63. The van der Waals surface area contributed by atoms with Crippen molar-refractivity contribution in [3.8, 4) is 12.3 Å². The molecule has 0 bridgehead atoms. The van der Waals surface area contributed by atoms with Gasteiger partial charge in [-0.05, 0) is 7.05 Å². The molecule has 0 radical (unpaired) electrons. The minimum Gasteiger partial charge on any atom is -0.309 e. The zero-order valence-electron chi connectivity index (χ0n) is 9.90. The van der Waals surface area contributed by atoms with Gasteiger partial charge in [0, 0.05) is 38.5 Å². The number of likely N-dealkylation sites (N-methyl/N-ethyl adjacent to an activating group) is 1. The van der Waals surface area contributed by atoms with E-state index < -0.39 is 0 Å². The summed E-state index contributed by atoms with van der Waals surface area (Å²) >= 11 is 0. The number of nitriles is 2. The predicted octanol–water partition coefficient (Wildman–Crippen LogP) is 1.27. The van der Waals surface area contributed by atoms with Crippen molar-refractivity contribution >= 4 is 0 Å². The molecule has 0 aromatic carbocycles. The summed E-state index contributed by atoms with van der Waals surface area (Å²) in [4.78, 5) is 3.92. The standard InChI is InChI=1S/C9H14N4.C2H6/c1-12-4-5-13(8-11)7-9(6-12)2-3-10;1-2/h9H,2,4-7H2,1H3;1-2H3. The molecule has 1 unspecified atom stereocenters. The van der Waals surface area contributed by atoms with Crippen molar-refractivity contribution in [1.82, 2.24) is 9.80 Å². The van der Waals surface area contributed by atoms with E-state index in [1.54, 1.807) is 4.90 Å². The number of hydrogen-bond donors (Lipinski definition) is 0. The molecular weight excluding hydrogens is 188 g/mol. The Hall–Kier alpha value is -1.26. The van der Waals surface area contributed by atoms with Crippen LogP contribution in [0, 0.1) is 28.7 Å². The molecule has 1 aliphatic rings. The third-order valence-corrected chi connectivity index (χ3v) is 2.32. The molecular formula is C11H20N4. The molecule has 0 aromatic rings. The van der Waals surface area contributed by atoms with E-state index in [-0.39, 0.29) is 0 Å². The van der Waals surface area contributed by atoms with Crippen LogP contribution in [0.25, 0.3) is 0 Å². The fourth-order valence-electron chi connectivity index (χ4n) is 1.63. The first-order valence-electron chi connectivity index (χ1n) is 5.46. The van der Waals surface area contributed by atoms with E-state index in [4.69, 9.17) is 10.5 Å². The molecule has 4 nitrogen and oxygen atoms in total. The molecule has 1 saturated heterocycles. The highest BCUT2D eigenvalue weighted by molar-refractivity contribution is 4.86. The second-order valence-corrected chi connectivity index (χ2v) is 3.54. The topological polar surface area (TPSA) is 54.1 Å². The molecule has 0 amide bonds. The molecule has 0 N–H and O–H groups in total. The lowest BCUT2D eigenvalue weighted by molar-refractivity contribution is 0.311. The summed E-state index contributed by atoms with van der Waals surface area (Å²) in [6.45, 7) is 7.35. The number of hydrogen-bond acceptors (Lipinski definition) is 4. The van der Waals surface area contributed by atoms with Crippen LogP contribution in [0.4, 0.5) is 0 Å². The Morgan fingerprint density at radius 3 is 2.40 bits per heavy atom. The Bertz CT molecular complexity index is 238. The summed E-state index contributed by atoms with van der Waals surface area (Å²) in [5, 5.41) is 17.3. The normalized spacial score (nSPS) is 21.7. The van der Waals surface area contributed by atoms with Crippen molar-refractivity contribution < 1.29 is 0 Å². The summed E-state index contributed by atoms with van der Waals surface area (Å²) in [6, 6.07) is 2.17. The molecule has 1 fully saturated rings. The molecule has 4 heteroatoms. The average Bonchev–Trinajstić information content (AvgIpc) is 2.43. The van der Waals surface area contributed by atoms with E-state index >= 15 is 0 Å². The van der Waals surface area contributed by atoms with Gasteiger partial charge in [-0.15, -0.1) is 0 Å². The van der Waals surface area contributed by atoms with E-state index in [9.17, 15) is 0 Å². The minimum atomic E-state index is 0.317. The summed E-state index contributed by atoms with van der Waals surface area (Å²) in [7, 11) is 2.03. The van der Waals surface area contributed by atoms with Gasteiger partial charge in [0.25, 0.3) is 0 Å². The highest BCUT2D eigenvalue weighted by atomic mass is 15.2. The summed E-state index contributed by atoms with van der Waals surface area (Å²) in [5.74, 6) is 0.317. The zero-order chi connectivity index (χ0) is 11.7. The Kier molecular flexibility index (Phi) is 7.40. The molecule has 15 heavy (non-hydrogen) atoms. The third kappa shape index (κ3) is 5.24. The molecule has 0 saturated carbocycles. The molecule has 1 atom stereocenters. The molecule has 84 valence electrons. The molecule has 0 aromatic heterocycles. The van der Waals surface area contributed by atoms with Gasteiger partial charge in [-0.3, -0.25) is 0 Å². The van der Waals surface area contributed by atoms with E-state index in [0.717, 1.165) is 26.2 Å². The Labute approximate surface area is 92.7 Å². The van der Waals surface area contributed by atoms with Crippen LogP contribution in [0.3, 0.4) is 0 Å². The van der Waals surface area contributed by atoms with Gasteiger partial charge in [0.1, 0.15) is 0 Å². The zero-order valence-corrected chi connectivity index (χ0v) is 9.90. The van der Waals surface area contributed by atoms with Gasteiger partial charge in [0.05, 0.1) is 6.07 Å². The van der Waals surface area contributed by atoms with Gasteiger partial charge in [0.2, 0.25) is 0 Å². The van der Waals surface area contributed by atoms with Crippen LogP contribution in [0.1, 0.15) is 20.3 Å². The second kappa shape index (κ2) is 8.08. The second-order valence-electron chi connectivity index (χ2n) is 3.54. The van der Waals surface area contributed by atoms with E-state index in [1.807, 2.05) is 20.9 Å². The van der Waals surface area contributed by atoms with Gasteiger partial charge >= 0.3 is 0 Å². The smallest absolute Gasteiger partial charge is 0.179 e. The summed E-state index contributed by atoms with van der Waals surface area (Å²) in [6.07, 6.45) is 2.69. The van der Waals surface area contributed by atoms with Crippen LogP contribution in [0.2, 0.25) is 0 Å². The highest BCUT2D eigenvalue weighted by Gasteiger charge is 2.19. The Morgan fingerprint density at radius 2 is 1.87 bits per heavy atom. The maximum atomic E-state index is 8.76. The van der Waals surface area contributed by atoms with E-state index in [2.05, 4.69) is 17.2 Å². The van der Waals surface area contributed by atoms with Crippen molar-refractivity contribution in [1.29, 1.82) is 10.5 Å². The maximum absolute atomic E-state index is 8.76. The van der Waals surface area contributed by atoms with Crippen molar-refractivity contribution in [2.45, 2.75) is 20.3 Å². The average molecular weight is 208 g/mol. The first-order valence-corrected chi connectivity index (χ1v) is 5.46. The largest absolute Gasteiger partial charge is 0.309 e. The Morgan fingerprint density at radius 1 is 1.20 bits per heavy atom. The monoisotopic (exact) mass is 208 g/mol. The molecule has 1 heterocycles. The molecule has 1 aliphatic heterocycles. The SMILES string of the molecule is CC.CN1CCN(C#N)CC(CC#N)C1. The van der Waals surface area contributed by atoms with Gasteiger partial charge in [-0.25, -0.2) is 0 Å². The van der Waals surface area contributed by atoms with Crippen molar-refractivity contribution in [3.05, 3.63) is 0 Å². The molecule has 1 rings (SSSR count).